The molecule has 3 N–H and O–H groups in total. The molecule has 1 aromatic carbocycles. The van der Waals surface area contributed by atoms with Gasteiger partial charge in [0, 0.05) is 31.4 Å². The van der Waals surface area contributed by atoms with E-state index in [0.29, 0.717) is 25.3 Å². The van der Waals surface area contributed by atoms with Gasteiger partial charge in [-0.05, 0) is 55.9 Å². The van der Waals surface area contributed by atoms with Gasteiger partial charge in [0.15, 0.2) is 0 Å². The summed E-state index contributed by atoms with van der Waals surface area (Å²) in [5.41, 5.74) is 0.549. The van der Waals surface area contributed by atoms with Gasteiger partial charge in [0.05, 0.1) is 0 Å². The summed E-state index contributed by atoms with van der Waals surface area (Å²) in [5.74, 6) is -1.27. The van der Waals surface area contributed by atoms with Gasteiger partial charge in [0.25, 0.3) is 0 Å². The van der Waals surface area contributed by atoms with E-state index in [1.165, 1.54) is 24.3 Å². The number of carbonyl (C=O) groups excluding carboxylic acids is 3. The van der Waals surface area contributed by atoms with E-state index in [0.717, 1.165) is 25.7 Å². The minimum Gasteiger partial charge on any atom is -0.348 e. The summed E-state index contributed by atoms with van der Waals surface area (Å²) in [6.07, 6.45) is 3.39. The Kier molecular flexibility index (Phi) is 5.70. The number of hydrogen-bond donors (Lipinski definition) is 3. The molecule has 1 heterocycles. The van der Waals surface area contributed by atoms with E-state index in [2.05, 4.69) is 16.0 Å². The number of nitrogens with one attached hydrogen (secondary N) is 3. The topological polar surface area (TPSA) is 90.5 Å². The van der Waals surface area contributed by atoms with Crippen LogP contribution >= 0.6 is 0 Å². The van der Waals surface area contributed by atoms with Crippen LogP contribution < -0.4 is 16.0 Å². The molecular formula is C18H23FN4O3. The number of likely N-dealkylation sites (tertiary alicyclic amines) is 1. The first-order valence-electron chi connectivity index (χ1n) is 8.91. The van der Waals surface area contributed by atoms with Crippen molar-refractivity contribution < 1.29 is 18.8 Å². The van der Waals surface area contributed by atoms with E-state index in [4.69, 9.17) is 0 Å². The molecule has 1 aromatic rings. The smallest absolute Gasteiger partial charge is 0.321 e. The third-order valence-electron chi connectivity index (χ3n) is 4.67. The van der Waals surface area contributed by atoms with E-state index < -0.39 is 11.8 Å². The lowest BCUT2D eigenvalue weighted by Gasteiger charge is -2.32. The van der Waals surface area contributed by atoms with Crippen LogP contribution in [0.25, 0.3) is 0 Å². The second-order valence-electron chi connectivity index (χ2n) is 6.83. The van der Waals surface area contributed by atoms with Crippen LogP contribution in [-0.4, -0.2) is 48.4 Å². The Morgan fingerprint density at radius 1 is 1.00 bits per heavy atom. The molecule has 1 saturated heterocycles. The fraction of sp³-hybridized carbons (Fsp3) is 0.500. The predicted molar refractivity (Wildman–Crippen MR) is 93.9 cm³/mol. The maximum Gasteiger partial charge on any atom is 0.321 e. The highest BCUT2D eigenvalue weighted by molar-refractivity contribution is 6.35. The van der Waals surface area contributed by atoms with Crippen LogP contribution in [0.2, 0.25) is 0 Å². The second kappa shape index (κ2) is 8.16. The summed E-state index contributed by atoms with van der Waals surface area (Å²) < 4.78 is 12.9. The first kappa shape index (κ1) is 18.2. The largest absolute Gasteiger partial charge is 0.348 e. The molecule has 3 rings (SSSR count). The van der Waals surface area contributed by atoms with Crippen molar-refractivity contribution in [2.24, 2.45) is 5.92 Å². The highest BCUT2D eigenvalue weighted by atomic mass is 19.1. The first-order chi connectivity index (χ1) is 12.5. The predicted octanol–water partition coefficient (Wildman–Crippen LogP) is 1.46. The number of anilines is 1. The summed E-state index contributed by atoms with van der Waals surface area (Å²) in [5, 5.41) is 8.06. The third kappa shape index (κ3) is 5.18. The molecule has 4 amide bonds. The van der Waals surface area contributed by atoms with Gasteiger partial charge < -0.3 is 20.9 Å². The molecule has 1 saturated carbocycles. The lowest BCUT2D eigenvalue weighted by atomic mass is 9.97. The number of nitrogens with zero attached hydrogens (tertiary/aromatic N) is 1. The van der Waals surface area contributed by atoms with Crippen molar-refractivity contribution in [1.29, 1.82) is 0 Å². The zero-order valence-electron chi connectivity index (χ0n) is 14.5. The van der Waals surface area contributed by atoms with E-state index in [-0.39, 0.29) is 23.8 Å². The number of piperidine rings is 1. The van der Waals surface area contributed by atoms with Crippen LogP contribution in [0.5, 0.6) is 0 Å². The molecule has 0 aromatic heterocycles. The van der Waals surface area contributed by atoms with Crippen molar-refractivity contribution in [1.82, 2.24) is 15.5 Å². The highest BCUT2D eigenvalue weighted by Crippen LogP contribution is 2.19. The fourth-order valence-electron chi connectivity index (χ4n) is 2.87. The van der Waals surface area contributed by atoms with Crippen molar-refractivity contribution in [3.05, 3.63) is 30.1 Å². The fourth-order valence-corrected chi connectivity index (χ4v) is 2.87. The molecule has 0 unspecified atom stereocenters. The third-order valence-corrected chi connectivity index (χ3v) is 4.67. The molecule has 8 heteroatoms. The number of benzene rings is 1. The molecule has 0 radical (unpaired) electrons. The number of rotatable bonds is 4. The van der Waals surface area contributed by atoms with Crippen LogP contribution in [0.15, 0.2) is 24.3 Å². The zero-order valence-corrected chi connectivity index (χ0v) is 14.5. The molecule has 1 aliphatic carbocycles. The van der Waals surface area contributed by atoms with Gasteiger partial charge in [-0.25, -0.2) is 9.18 Å². The highest BCUT2D eigenvalue weighted by Gasteiger charge is 2.27. The lowest BCUT2D eigenvalue weighted by molar-refractivity contribution is -0.139. The normalized spacial score (nSPS) is 17.5. The maximum atomic E-state index is 12.9. The number of carbonyl (C=O) groups is 3. The van der Waals surface area contributed by atoms with Crippen molar-refractivity contribution in [3.63, 3.8) is 0 Å². The molecule has 1 aliphatic heterocycles. The number of hydrogen-bond acceptors (Lipinski definition) is 3. The van der Waals surface area contributed by atoms with Gasteiger partial charge in [-0.2, -0.15) is 0 Å². The van der Waals surface area contributed by atoms with Gasteiger partial charge >= 0.3 is 17.8 Å². The molecule has 0 spiro atoms. The second-order valence-corrected chi connectivity index (χ2v) is 6.83. The van der Waals surface area contributed by atoms with Gasteiger partial charge in [0.1, 0.15) is 5.82 Å². The van der Waals surface area contributed by atoms with E-state index >= 15 is 0 Å². The summed E-state index contributed by atoms with van der Waals surface area (Å²) in [4.78, 5) is 37.2. The summed E-state index contributed by atoms with van der Waals surface area (Å²) in [6, 6.07) is 5.57. The minimum atomic E-state index is -0.589. The zero-order chi connectivity index (χ0) is 18.5. The SMILES string of the molecule is O=C(NCC1CCN(C(=O)Nc2ccc(F)cc2)CC1)C(=O)NC1CC1. The Labute approximate surface area is 151 Å². The summed E-state index contributed by atoms with van der Waals surface area (Å²) in [6.45, 7) is 1.58. The molecule has 0 atom stereocenters. The van der Waals surface area contributed by atoms with Gasteiger partial charge in [-0.3, -0.25) is 9.59 Å². The average molecular weight is 362 g/mol. The minimum absolute atomic E-state index is 0.163. The number of urea groups is 1. The molecule has 140 valence electrons. The van der Waals surface area contributed by atoms with Crippen molar-refractivity contribution in [2.45, 2.75) is 31.7 Å². The van der Waals surface area contributed by atoms with Crippen LogP contribution in [0.4, 0.5) is 14.9 Å². The van der Waals surface area contributed by atoms with Gasteiger partial charge in [0.2, 0.25) is 0 Å². The molecule has 26 heavy (non-hydrogen) atoms. The van der Waals surface area contributed by atoms with Crippen LogP contribution in [0.3, 0.4) is 0 Å². The van der Waals surface area contributed by atoms with Crippen LogP contribution in [-0.2, 0) is 9.59 Å². The van der Waals surface area contributed by atoms with Gasteiger partial charge in [-0.1, -0.05) is 0 Å². The van der Waals surface area contributed by atoms with Crippen molar-refractivity contribution in [2.75, 3.05) is 25.0 Å². The van der Waals surface area contributed by atoms with Crippen LogP contribution in [0.1, 0.15) is 25.7 Å². The molecule has 2 aliphatic rings. The van der Waals surface area contributed by atoms with Crippen molar-refractivity contribution >= 4 is 23.5 Å². The quantitative estimate of drug-likeness (QED) is 0.709. The number of amides is 4. The number of halogens is 1. The first-order valence-corrected chi connectivity index (χ1v) is 8.91. The van der Waals surface area contributed by atoms with E-state index in [9.17, 15) is 18.8 Å². The monoisotopic (exact) mass is 362 g/mol. The van der Waals surface area contributed by atoms with E-state index in [1.54, 1.807) is 4.90 Å². The average Bonchev–Trinajstić information content (AvgIpc) is 3.46. The molecule has 0 bridgehead atoms. The Balaban J connectivity index is 1.36. The Morgan fingerprint density at radius 2 is 1.65 bits per heavy atom. The maximum absolute atomic E-state index is 12.9. The molecule has 7 nitrogen and oxygen atoms in total. The summed E-state index contributed by atoms with van der Waals surface area (Å²) in [7, 11) is 0. The lowest BCUT2D eigenvalue weighted by Crippen LogP contribution is -2.46. The van der Waals surface area contributed by atoms with E-state index in [1.807, 2.05) is 0 Å². The van der Waals surface area contributed by atoms with Gasteiger partial charge in [-0.15, -0.1) is 0 Å². The Morgan fingerprint density at radius 3 is 2.27 bits per heavy atom. The summed E-state index contributed by atoms with van der Waals surface area (Å²) >= 11 is 0. The standard InChI is InChI=1S/C18H23FN4O3/c19-13-1-3-15(4-2-13)22-18(26)23-9-7-12(8-10-23)11-20-16(24)17(25)21-14-5-6-14/h1-4,12,14H,5-11H2,(H,20,24)(H,21,25)(H,22,26). The molecule has 2 fully saturated rings. The van der Waals surface area contributed by atoms with Crippen molar-refractivity contribution in [3.8, 4) is 0 Å². The Hall–Kier alpha value is -2.64. The molecular weight excluding hydrogens is 339 g/mol. The Bertz CT molecular complexity index is 668. The van der Waals surface area contributed by atoms with Crippen LogP contribution in [0, 0.1) is 11.7 Å².